The summed E-state index contributed by atoms with van der Waals surface area (Å²) in [5, 5.41) is 12.2. The van der Waals surface area contributed by atoms with E-state index in [0.29, 0.717) is 12.3 Å². The van der Waals surface area contributed by atoms with Crippen molar-refractivity contribution in [3.63, 3.8) is 0 Å². The molecule has 1 N–H and O–H groups in total. The van der Waals surface area contributed by atoms with Crippen molar-refractivity contribution in [1.29, 1.82) is 5.26 Å². The van der Waals surface area contributed by atoms with E-state index < -0.39 is 0 Å². The van der Waals surface area contributed by atoms with Gasteiger partial charge in [-0.05, 0) is 37.7 Å². The van der Waals surface area contributed by atoms with Crippen molar-refractivity contribution < 1.29 is 9.53 Å². The molecule has 1 aromatic heterocycles. The Bertz CT molecular complexity index is 765. The van der Waals surface area contributed by atoms with Crippen LogP contribution in [-0.2, 0) is 11.2 Å². The Morgan fingerprint density at radius 2 is 1.88 bits per heavy atom. The van der Waals surface area contributed by atoms with Crippen molar-refractivity contribution in [2.24, 2.45) is 0 Å². The number of amides is 1. The third-order valence-electron chi connectivity index (χ3n) is 4.57. The lowest BCUT2D eigenvalue weighted by molar-refractivity contribution is -0.122. The second kappa shape index (κ2) is 8.95. The van der Waals surface area contributed by atoms with E-state index in [1.54, 1.807) is 0 Å². The lowest BCUT2D eigenvalue weighted by Crippen LogP contribution is -2.39. The molecule has 6 nitrogen and oxygen atoms in total. The molecule has 6 heteroatoms. The number of nitrogens with one attached hydrogen (secondary N) is 1. The summed E-state index contributed by atoms with van der Waals surface area (Å²) in [5.41, 5.74) is 1.39. The van der Waals surface area contributed by atoms with Crippen molar-refractivity contribution in [2.45, 2.75) is 50.7 Å². The van der Waals surface area contributed by atoms with Crippen LogP contribution in [0.25, 0.3) is 0 Å². The van der Waals surface area contributed by atoms with Gasteiger partial charge in [0.1, 0.15) is 12.2 Å². The van der Waals surface area contributed by atoms with E-state index in [1.807, 2.05) is 36.4 Å². The van der Waals surface area contributed by atoms with Crippen molar-refractivity contribution in [3.05, 3.63) is 54.0 Å². The van der Waals surface area contributed by atoms with Crippen LogP contribution >= 0.6 is 0 Å². The number of nitrogens with zero attached hydrogens (tertiary/aromatic N) is 3. The number of carbonyl (C=O) groups excluding carboxylic acids is 1. The third kappa shape index (κ3) is 5.03. The van der Waals surface area contributed by atoms with Gasteiger partial charge in [0.05, 0.1) is 0 Å². The first-order valence-electron chi connectivity index (χ1n) is 8.95. The summed E-state index contributed by atoms with van der Waals surface area (Å²) in [4.78, 5) is 20.2. The normalized spacial score (nSPS) is 19.3. The second-order valence-electron chi connectivity index (χ2n) is 6.47. The second-order valence-corrected chi connectivity index (χ2v) is 6.47. The Labute approximate surface area is 153 Å². The van der Waals surface area contributed by atoms with Gasteiger partial charge in [0, 0.05) is 24.9 Å². The average molecular weight is 350 g/mol. The van der Waals surface area contributed by atoms with E-state index in [1.165, 1.54) is 18.0 Å². The van der Waals surface area contributed by atoms with E-state index in [-0.39, 0.29) is 23.7 Å². The van der Waals surface area contributed by atoms with Crippen LogP contribution in [0.4, 0.5) is 0 Å². The van der Waals surface area contributed by atoms with Crippen LogP contribution < -0.4 is 10.1 Å². The zero-order valence-electron chi connectivity index (χ0n) is 14.6. The van der Waals surface area contributed by atoms with Gasteiger partial charge in [-0.1, -0.05) is 30.3 Å². The molecule has 1 aromatic carbocycles. The highest BCUT2D eigenvalue weighted by atomic mass is 16.5. The molecule has 0 spiro atoms. The Hall–Kier alpha value is -2.94. The predicted octanol–water partition coefficient (Wildman–Crippen LogP) is 2.79. The minimum Gasteiger partial charge on any atom is -0.472 e. The van der Waals surface area contributed by atoms with Crippen LogP contribution in [-0.4, -0.2) is 28.0 Å². The van der Waals surface area contributed by atoms with E-state index in [9.17, 15) is 4.79 Å². The average Bonchev–Trinajstić information content (AvgIpc) is 2.69. The number of hydrogen-bond donors (Lipinski definition) is 1. The highest BCUT2D eigenvalue weighted by Gasteiger charge is 2.24. The molecular formula is C20H22N4O2. The minimum absolute atomic E-state index is 0.0104. The maximum atomic E-state index is 12.1. The molecule has 0 saturated heterocycles. The molecule has 0 atom stereocenters. The number of hydrogen-bond acceptors (Lipinski definition) is 5. The molecule has 3 rings (SSSR count). The molecule has 1 amide bonds. The zero-order chi connectivity index (χ0) is 18.2. The minimum atomic E-state index is 0.0104. The predicted molar refractivity (Wildman–Crippen MR) is 96.3 cm³/mol. The first kappa shape index (κ1) is 17.9. The fourth-order valence-corrected chi connectivity index (χ4v) is 3.17. The van der Waals surface area contributed by atoms with Crippen LogP contribution in [0.15, 0.2) is 42.7 Å². The van der Waals surface area contributed by atoms with Gasteiger partial charge < -0.3 is 10.1 Å². The molecule has 2 aromatic rings. The van der Waals surface area contributed by atoms with Crippen molar-refractivity contribution in [1.82, 2.24) is 15.3 Å². The van der Waals surface area contributed by atoms with Crippen LogP contribution in [0.2, 0.25) is 0 Å². The Morgan fingerprint density at radius 1 is 1.15 bits per heavy atom. The van der Waals surface area contributed by atoms with E-state index >= 15 is 0 Å². The van der Waals surface area contributed by atoms with Crippen molar-refractivity contribution in [3.8, 4) is 11.9 Å². The standard InChI is InChI=1S/C20H22N4O2/c21-14-18-20(23-13-12-22-18)26-17-9-7-16(8-10-17)24-19(25)11-6-15-4-2-1-3-5-15/h1-5,12-13,16-17H,6-11H2,(H,24,25). The van der Waals surface area contributed by atoms with Crippen LogP contribution in [0.5, 0.6) is 5.88 Å². The molecule has 0 unspecified atom stereocenters. The highest BCUT2D eigenvalue weighted by molar-refractivity contribution is 5.76. The molecule has 0 bridgehead atoms. The summed E-state index contributed by atoms with van der Waals surface area (Å²) in [6.07, 6.45) is 7.66. The summed E-state index contributed by atoms with van der Waals surface area (Å²) in [6, 6.07) is 12.2. The van der Waals surface area contributed by atoms with Crippen molar-refractivity contribution >= 4 is 5.91 Å². The van der Waals surface area contributed by atoms with Gasteiger partial charge in [0.25, 0.3) is 5.88 Å². The number of rotatable bonds is 6. The number of aryl methyl sites for hydroxylation is 1. The molecule has 1 fully saturated rings. The Balaban J connectivity index is 1.41. The van der Waals surface area contributed by atoms with Crippen molar-refractivity contribution in [2.75, 3.05) is 0 Å². The van der Waals surface area contributed by atoms with Gasteiger partial charge in [0.15, 0.2) is 0 Å². The fraction of sp³-hybridized carbons (Fsp3) is 0.400. The maximum Gasteiger partial charge on any atom is 0.251 e. The number of carbonyl (C=O) groups is 1. The van der Waals surface area contributed by atoms with Crippen LogP contribution in [0.1, 0.15) is 43.4 Å². The van der Waals surface area contributed by atoms with Gasteiger partial charge in [0.2, 0.25) is 11.6 Å². The van der Waals surface area contributed by atoms with Gasteiger partial charge in [-0.25, -0.2) is 9.97 Å². The van der Waals surface area contributed by atoms with E-state index in [2.05, 4.69) is 15.3 Å². The zero-order valence-corrected chi connectivity index (χ0v) is 14.6. The SMILES string of the molecule is N#Cc1nccnc1OC1CCC(NC(=O)CCc2ccccc2)CC1. The lowest BCUT2D eigenvalue weighted by atomic mass is 9.92. The first-order valence-corrected chi connectivity index (χ1v) is 8.95. The Kier molecular flexibility index (Phi) is 6.15. The summed E-state index contributed by atoms with van der Waals surface area (Å²) < 4.78 is 5.83. The van der Waals surface area contributed by atoms with E-state index in [4.69, 9.17) is 10.00 Å². The molecule has 134 valence electrons. The summed E-state index contributed by atoms with van der Waals surface area (Å²) in [6.45, 7) is 0. The Morgan fingerprint density at radius 3 is 2.62 bits per heavy atom. The molecular weight excluding hydrogens is 328 g/mol. The molecule has 1 aliphatic rings. The first-order chi connectivity index (χ1) is 12.7. The largest absolute Gasteiger partial charge is 0.472 e. The molecule has 0 aliphatic heterocycles. The number of nitriles is 1. The van der Waals surface area contributed by atoms with Gasteiger partial charge in [-0.3, -0.25) is 4.79 Å². The summed E-state index contributed by atoms with van der Waals surface area (Å²) in [7, 11) is 0. The maximum absolute atomic E-state index is 12.1. The topological polar surface area (TPSA) is 87.9 Å². The van der Waals surface area contributed by atoms with Crippen LogP contribution in [0, 0.1) is 11.3 Å². The highest BCUT2D eigenvalue weighted by Crippen LogP contribution is 2.24. The quantitative estimate of drug-likeness (QED) is 0.865. The molecule has 1 aliphatic carbocycles. The lowest BCUT2D eigenvalue weighted by Gasteiger charge is -2.29. The third-order valence-corrected chi connectivity index (χ3v) is 4.57. The fourth-order valence-electron chi connectivity index (χ4n) is 3.17. The number of ether oxygens (including phenoxy) is 1. The molecule has 1 saturated carbocycles. The number of benzene rings is 1. The molecule has 26 heavy (non-hydrogen) atoms. The monoisotopic (exact) mass is 350 g/mol. The summed E-state index contributed by atoms with van der Waals surface area (Å²) in [5.74, 6) is 0.393. The smallest absolute Gasteiger partial charge is 0.251 e. The molecule has 1 heterocycles. The van der Waals surface area contributed by atoms with E-state index in [0.717, 1.165) is 32.1 Å². The van der Waals surface area contributed by atoms with Gasteiger partial charge in [-0.2, -0.15) is 5.26 Å². The van der Waals surface area contributed by atoms with Gasteiger partial charge in [-0.15, -0.1) is 0 Å². The number of aromatic nitrogens is 2. The summed E-state index contributed by atoms with van der Waals surface area (Å²) >= 11 is 0. The van der Waals surface area contributed by atoms with Crippen LogP contribution in [0.3, 0.4) is 0 Å². The van der Waals surface area contributed by atoms with Gasteiger partial charge >= 0.3 is 0 Å². The molecule has 0 radical (unpaired) electrons.